The van der Waals surface area contributed by atoms with Gasteiger partial charge < -0.3 is 5.32 Å². The molecule has 1 aliphatic rings. The van der Waals surface area contributed by atoms with Crippen LogP contribution in [0.5, 0.6) is 0 Å². The average Bonchev–Trinajstić information content (AvgIpc) is 2.43. The van der Waals surface area contributed by atoms with E-state index in [-0.39, 0.29) is 41.6 Å². The van der Waals surface area contributed by atoms with Crippen LogP contribution in [0.25, 0.3) is 0 Å². The van der Waals surface area contributed by atoms with Crippen LogP contribution in [-0.4, -0.2) is 48.6 Å². The maximum absolute atomic E-state index is 14.4. The van der Waals surface area contributed by atoms with Crippen LogP contribution in [0.3, 0.4) is 0 Å². The number of nitrogens with zero attached hydrogens (tertiary/aromatic N) is 1. The normalized spacial score (nSPS) is 18.0. The van der Waals surface area contributed by atoms with Gasteiger partial charge in [-0.05, 0) is 19.2 Å². The minimum Gasteiger partial charge on any atom is -0.316 e. The molecule has 0 bridgehead atoms. The van der Waals surface area contributed by atoms with Gasteiger partial charge in [0.25, 0.3) is 0 Å². The van der Waals surface area contributed by atoms with Crippen LogP contribution < -0.4 is 5.32 Å². The molecule has 5 nitrogen and oxygen atoms in total. The molecule has 118 valence electrons. The van der Waals surface area contributed by atoms with E-state index in [0.29, 0.717) is 4.47 Å². The van der Waals surface area contributed by atoms with E-state index in [1.165, 1.54) is 10.4 Å². The van der Waals surface area contributed by atoms with Crippen molar-refractivity contribution in [3.8, 4) is 0 Å². The van der Waals surface area contributed by atoms with E-state index < -0.39 is 26.6 Å². The SMILES string of the molecule is CNCc1cc(Br)cc(S(=O)(=O)N2CCS(=O)CC2)c1F. The lowest BCUT2D eigenvalue weighted by Crippen LogP contribution is -2.42. The molecule has 1 N–H and O–H groups in total. The summed E-state index contributed by atoms with van der Waals surface area (Å²) in [5.74, 6) is -0.157. The zero-order valence-electron chi connectivity index (χ0n) is 11.4. The van der Waals surface area contributed by atoms with Crippen LogP contribution in [0.15, 0.2) is 21.5 Å². The highest BCUT2D eigenvalue weighted by molar-refractivity contribution is 9.10. The summed E-state index contributed by atoms with van der Waals surface area (Å²) in [5.41, 5.74) is 0.283. The van der Waals surface area contributed by atoms with Crippen molar-refractivity contribution in [1.29, 1.82) is 0 Å². The molecule has 2 rings (SSSR count). The molecule has 0 aromatic heterocycles. The molecule has 0 amide bonds. The van der Waals surface area contributed by atoms with Crippen LogP contribution >= 0.6 is 15.9 Å². The molecule has 0 unspecified atom stereocenters. The second kappa shape index (κ2) is 6.82. The molecular weight excluding hydrogens is 383 g/mol. The first-order chi connectivity index (χ1) is 9.86. The third-order valence-electron chi connectivity index (χ3n) is 3.20. The summed E-state index contributed by atoms with van der Waals surface area (Å²) in [5, 5.41) is 2.81. The third-order valence-corrected chi connectivity index (χ3v) is 6.83. The van der Waals surface area contributed by atoms with Gasteiger partial charge in [-0.1, -0.05) is 15.9 Å². The van der Waals surface area contributed by atoms with Crippen molar-refractivity contribution in [2.45, 2.75) is 11.4 Å². The number of rotatable bonds is 4. The van der Waals surface area contributed by atoms with Gasteiger partial charge in [-0.25, -0.2) is 12.8 Å². The van der Waals surface area contributed by atoms with Gasteiger partial charge in [0, 0.05) is 52.0 Å². The number of hydrogen-bond acceptors (Lipinski definition) is 4. The molecule has 0 saturated carbocycles. The first-order valence-electron chi connectivity index (χ1n) is 6.34. The summed E-state index contributed by atoms with van der Waals surface area (Å²) < 4.78 is 52.6. The molecule has 0 atom stereocenters. The summed E-state index contributed by atoms with van der Waals surface area (Å²) in [6.07, 6.45) is 0. The number of halogens is 2. The molecule has 1 aromatic rings. The van der Waals surface area contributed by atoms with Gasteiger partial charge in [0.1, 0.15) is 10.7 Å². The molecule has 0 spiro atoms. The molecule has 0 radical (unpaired) electrons. The molecule has 9 heteroatoms. The fraction of sp³-hybridized carbons (Fsp3) is 0.500. The zero-order valence-corrected chi connectivity index (χ0v) is 14.7. The fourth-order valence-corrected chi connectivity index (χ4v) is 5.64. The predicted octanol–water partition coefficient (Wildman–Crippen LogP) is 1.06. The average molecular weight is 399 g/mol. The minimum absolute atomic E-state index is 0.155. The molecule has 1 fully saturated rings. The topological polar surface area (TPSA) is 66.5 Å². The van der Waals surface area contributed by atoms with Crippen molar-refractivity contribution in [1.82, 2.24) is 9.62 Å². The van der Waals surface area contributed by atoms with Crippen LogP contribution in [-0.2, 0) is 27.4 Å². The molecule has 0 aliphatic carbocycles. The first kappa shape index (κ1) is 17.0. The molecule has 21 heavy (non-hydrogen) atoms. The second-order valence-electron chi connectivity index (χ2n) is 4.66. The Morgan fingerprint density at radius 2 is 2.00 bits per heavy atom. The van der Waals surface area contributed by atoms with Crippen molar-refractivity contribution in [3.05, 3.63) is 28.0 Å². The fourth-order valence-electron chi connectivity index (χ4n) is 2.13. The highest BCUT2D eigenvalue weighted by Gasteiger charge is 2.31. The van der Waals surface area contributed by atoms with E-state index in [1.54, 1.807) is 13.1 Å². The quantitative estimate of drug-likeness (QED) is 0.823. The van der Waals surface area contributed by atoms with Crippen LogP contribution in [0, 0.1) is 5.82 Å². The lowest BCUT2D eigenvalue weighted by atomic mass is 10.2. The smallest absolute Gasteiger partial charge is 0.246 e. The zero-order chi connectivity index (χ0) is 15.6. The van der Waals surface area contributed by atoms with Crippen molar-refractivity contribution < 1.29 is 17.0 Å². The Balaban J connectivity index is 2.42. The highest BCUT2D eigenvalue weighted by atomic mass is 79.9. The second-order valence-corrected chi connectivity index (χ2v) is 9.18. The van der Waals surface area contributed by atoms with E-state index in [4.69, 9.17) is 0 Å². The summed E-state index contributed by atoms with van der Waals surface area (Å²) in [6.45, 7) is 0.544. The van der Waals surface area contributed by atoms with Gasteiger partial charge >= 0.3 is 0 Å². The number of hydrogen-bond donors (Lipinski definition) is 1. The van der Waals surface area contributed by atoms with Crippen molar-refractivity contribution in [2.24, 2.45) is 0 Å². The number of nitrogens with one attached hydrogen (secondary N) is 1. The maximum atomic E-state index is 14.4. The molecule has 1 aliphatic heterocycles. The van der Waals surface area contributed by atoms with Gasteiger partial charge in [0.05, 0.1) is 0 Å². The highest BCUT2D eigenvalue weighted by Crippen LogP contribution is 2.27. The van der Waals surface area contributed by atoms with Crippen LogP contribution in [0.2, 0.25) is 0 Å². The number of benzene rings is 1. The van der Waals surface area contributed by atoms with Crippen molar-refractivity contribution in [3.63, 3.8) is 0 Å². The van der Waals surface area contributed by atoms with Crippen molar-refractivity contribution in [2.75, 3.05) is 31.6 Å². The molecule has 1 saturated heterocycles. The summed E-state index contributed by atoms with van der Waals surface area (Å²) in [7, 11) is -3.24. The Bertz CT molecular complexity index is 657. The van der Waals surface area contributed by atoms with Gasteiger partial charge in [0.15, 0.2) is 0 Å². The number of sulfonamides is 1. The summed E-state index contributed by atoms with van der Waals surface area (Å²) in [4.78, 5) is -0.338. The largest absolute Gasteiger partial charge is 0.316 e. The molecular formula is C12H16BrFN2O3S2. The Labute approximate surface area is 134 Å². The summed E-state index contributed by atoms with van der Waals surface area (Å²) >= 11 is 3.22. The van der Waals surface area contributed by atoms with Gasteiger partial charge in [0.2, 0.25) is 10.0 Å². The van der Waals surface area contributed by atoms with E-state index in [1.807, 2.05) is 0 Å². The molecule has 1 aromatic carbocycles. The van der Waals surface area contributed by atoms with Gasteiger partial charge in [-0.3, -0.25) is 4.21 Å². The third kappa shape index (κ3) is 3.70. The summed E-state index contributed by atoms with van der Waals surface area (Å²) in [6, 6.07) is 2.82. The van der Waals surface area contributed by atoms with E-state index in [9.17, 15) is 17.0 Å². The van der Waals surface area contributed by atoms with E-state index in [2.05, 4.69) is 21.2 Å². The van der Waals surface area contributed by atoms with Gasteiger partial charge in [-0.2, -0.15) is 4.31 Å². The Morgan fingerprint density at radius 3 is 2.57 bits per heavy atom. The van der Waals surface area contributed by atoms with Gasteiger partial charge in [-0.15, -0.1) is 0 Å². The van der Waals surface area contributed by atoms with Crippen LogP contribution in [0.1, 0.15) is 5.56 Å². The lowest BCUT2D eigenvalue weighted by molar-refractivity contribution is 0.433. The van der Waals surface area contributed by atoms with E-state index >= 15 is 0 Å². The Morgan fingerprint density at radius 1 is 1.38 bits per heavy atom. The Kier molecular flexibility index (Phi) is 5.53. The van der Waals surface area contributed by atoms with Crippen molar-refractivity contribution >= 4 is 36.8 Å². The predicted molar refractivity (Wildman–Crippen MR) is 83.5 cm³/mol. The Hall–Kier alpha value is -0.350. The van der Waals surface area contributed by atoms with Crippen LogP contribution in [0.4, 0.5) is 4.39 Å². The van der Waals surface area contributed by atoms with E-state index in [0.717, 1.165) is 0 Å². The maximum Gasteiger partial charge on any atom is 0.246 e. The monoisotopic (exact) mass is 398 g/mol. The minimum atomic E-state index is -3.91. The lowest BCUT2D eigenvalue weighted by Gasteiger charge is -2.26. The molecule has 1 heterocycles. The first-order valence-corrected chi connectivity index (χ1v) is 10.1. The standard InChI is InChI=1S/C12H16BrFN2O3S2/c1-15-8-9-6-10(13)7-11(12(9)14)21(18,19)16-2-4-20(17)5-3-16/h6-7,15H,2-5,8H2,1H3.